The zero-order valence-electron chi connectivity index (χ0n) is 14.4. The van der Waals surface area contributed by atoms with Gasteiger partial charge >= 0.3 is 12.1 Å². The molecule has 2 N–H and O–H groups in total. The molecular weight excluding hydrogens is 342 g/mol. The maximum atomic E-state index is 12.1. The molecular formula is C22H17NO4. The summed E-state index contributed by atoms with van der Waals surface area (Å²) in [4.78, 5) is 23.3. The average Bonchev–Trinajstić information content (AvgIpc) is 3.04. The Labute approximate surface area is 156 Å². The third kappa shape index (κ3) is 3.40. The quantitative estimate of drug-likeness (QED) is 0.553. The first-order valence-corrected chi connectivity index (χ1v) is 8.58. The highest BCUT2D eigenvalue weighted by Crippen LogP contribution is 2.36. The molecule has 0 bridgehead atoms. The first-order valence-electron chi connectivity index (χ1n) is 8.58. The van der Waals surface area contributed by atoms with E-state index in [2.05, 4.69) is 23.5 Å². The fraction of sp³-hybridized carbons (Fsp3) is 0.0909. The van der Waals surface area contributed by atoms with Gasteiger partial charge in [-0.25, -0.2) is 9.59 Å². The van der Waals surface area contributed by atoms with Crippen molar-refractivity contribution in [2.24, 2.45) is 0 Å². The monoisotopic (exact) mass is 359 g/mol. The Morgan fingerprint density at radius 2 is 1.67 bits per heavy atom. The number of carboxylic acids is 1. The van der Waals surface area contributed by atoms with Crippen LogP contribution in [0.25, 0.3) is 11.1 Å². The van der Waals surface area contributed by atoms with E-state index in [1.807, 2.05) is 24.3 Å². The number of carbonyl (C=O) groups excluding carboxylic acids is 1. The van der Waals surface area contributed by atoms with Gasteiger partial charge in [0.2, 0.25) is 0 Å². The number of para-hydroxylation sites is 1. The van der Waals surface area contributed by atoms with E-state index < -0.39 is 12.1 Å². The summed E-state index contributed by atoms with van der Waals surface area (Å²) in [5.41, 5.74) is 6.06. The third-order valence-corrected chi connectivity index (χ3v) is 4.63. The lowest BCUT2D eigenvalue weighted by atomic mass is 10.0. The Morgan fingerprint density at radius 1 is 0.926 bits per heavy atom. The van der Waals surface area contributed by atoms with Crippen LogP contribution >= 0.6 is 0 Å². The number of anilines is 1. The first kappa shape index (κ1) is 16.8. The van der Waals surface area contributed by atoms with Crippen molar-refractivity contribution in [3.63, 3.8) is 0 Å². The maximum Gasteiger partial charge on any atom is 0.411 e. The Bertz CT molecular complexity index is 1040. The molecule has 0 spiro atoms. The molecule has 0 fully saturated rings. The highest BCUT2D eigenvalue weighted by Gasteiger charge is 2.18. The lowest BCUT2D eigenvalue weighted by Gasteiger charge is -2.10. The lowest BCUT2D eigenvalue weighted by molar-refractivity contribution is 0.0698. The first-order chi connectivity index (χ1) is 13.1. The van der Waals surface area contributed by atoms with Crippen molar-refractivity contribution in [2.75, 3.05) is 5.32 Å². The van der Waals surface area contributed by atoms with Crippen molar-refractivity contribution in [3.05, 3.63) is 89.0 Å². The molecule has 1 aliphatic rings. The van der Waals surface area contributed by atoms with Gasteiger partial charge in [0.1, 0.15) is 6.61 Å². The van der Waals surface area contributed by atoms with E-state index in [1.165, 1.54) is 34.4 Å². The molecule has 4 rings (SSSR count). The summed E-state index contributed by atoms with van der Waals surface area (Å²) in [7, 11) is 0. The van der Waals surface area contributed by atoms with Gasteiger partial charge in [0.25, 0.3) is 0 Å². The second kappa shape index (κ2) is 6.96. The van der Waals surface area contributed by atoms with Crippen LogP contribution in [0.1, 0.15) is 27.0 Å². The van der Waals surface area contributed by atoms with E-state index in [9.17, 15) is 9.59 Å². The molecule has 0 radical (unpaired) electrons. The Hall–Kier alpha value is -3.60. The van der Waals surface area contributed by atoms with Crippen molar-refractivity contribution in [2.45, 2.75) is 13.0 Å². The highest BCUT2D eigenvalue weighted by atomic mass is 16.5. The van der Waals surface area contributed by atoms with Crippen LogP contribution in [0.3, 0.4) is 0 Å². The van der Waals surface area contributed by atoms with E-state index in [0.717, 1.165) is 12.0 Å². The molecule has 0 atom stereocenters. The zero-order valence-corrected chi connectivity index (χ0v) is 14.4. The van der Waals surface area contributed by atoms with Gasteiger partial charge in [-0.1, -0.05) is 48.5 Å². The molecule has 1 aliphatic carbocycles. The summed E-state index contributed by atoms with van der Waals surface area (Å²) in [6.07, 6.45) is 0.226. The Kier molecular flexibility index (Phi) is 4.34. The minimum Gasteiger partial charge on any atom is -0.478 e. The van der Waals surface area contributed by atoms with Gasteiger partial charge < -0.3 is 9.84 Å². The minimum atomic E-state index is -1.11. The van der Waals surface area contributed by atoms with Crippen LogP contribution in [0.15, 0.2) is 66.7 Å². The number of aromatic carboxylic acids is 1. The standard InChI is InChI=1S/C22H17NO4/c24-21(25)18-7-3-4-8-20(18)23-22(26)27-13-14-9-10-16-12-15-5-1-2-6-17(15)19(16)11-14/h1-11H,12-13H2,(H,23,26)(H,24,25). The number of carboxylic acid groups (broad SMARTS) is 1. The van der Waals surface area contributed by atoms with Gasteiger partial charge in [0.05, 0.1) is 11.3 Å². The number of ether oxygens (including phenoxy) is 1. The summed E-state index contributed by atoms with van der Waals surface area (Å²) in [5.74, 6) is -1.11. The molecule has 0 unspecified atom stereocenters. The minimum absolute atomic E-state index is 0.0172. The Balaban J connectivity index is 1.45. The summed E-state index contributed by atoms with van der Waals surface area (Å²) in [6.45, 7) is 0.108. The van der Waals surface area contributed by atoms with Crippen LogP contribution in [0.2, 0.25) is 0 Å². The Morgan fingerprint density at radius 3 is 2.52 bits per heavy atom. The molecule has 0 saturated carbocycles. The van der Waals surface area contributed by atoms with Crippen molar-refractivity contribution < 1.29 is 19.4 Å². The average molecular weight is 359 g/mol. The van der Waals surface area contributed by atoms with Crippen molar-refractivity contribution in [3.8, 4) is 11.1 Å². The smallest absolute Gasteiger partial charge is 0.411 e. The number of nitrogens with one attached hydrogen (secondary N) is 1. The molecule has 3 aromatic rings. The topological polar surface area (TPSA) is 75.6 Å². The summed E-state index contributed by atoms with van der Waals surface area (Å²) in [6, 6.07) is 20.5. The van der Waals surface area contributed by atoms with E-state index in [1.54, 1.807) is 12.1 Å². The lowest BCUT2D eigenvalue weighted by Crippen LogP contribution is -2.16. The van der Waals surface area contributed by atoms with Gasteiger partial charge in [-0.3, -0.25) is 5.32 Å². The number of hydrogen-bond donors (Lipinski definition) is 2. The SMILES string of the molecule is O=C(Nc1ccccc1C(=O)O)OCc1ccc2c(c1)-c1ccccc1C2. The fourth-order valence-electron chi connectivity index (χ4n) is 3.33. The van der Waals surface area contributed by atoms with Gasteiger partial charge in [0, 0.05) is 0 Å². The fourth-order valence-corrected chi connectivity index (χ4v) is 3.33. The molecule has 0 heterocycles. The highest BCUT2D eigenvalue weighted by molar-refractivity contribution is 5.98. The largest absolute Gasteiger partial charge is 0.478 e. The molecule has 1 amide bonds. The van der Waals surface area contributed by atoms with Crippen LogP contribution in [0.5, 0.6) is 0 Å². The van der Waals surface area contributed by atoms with Crippen LogP contribution in [0, 0.1) is 0 Å². The van der Waals surface area contributed by atoms with Gasteiger partial charge in [-0.2, -0.15) is 0 Å². The van der Waals surface area contributed by atoms with Gasteiger partial charge in [-0.15, -0.1) is 0 Å². The normalized spacial score (nSPS) is 11.4. The second-order valence-corrected chi connectivity index (χ2v) is 6.38. The predicted molar refractivity (Wildman–Crippen MR) is 102 cm³/mol. The summed E-state index contributed by atoms with van der Waals surface area (Å²) >= 11 is 0. The molecule has 0 saturated heterocycles. The second-order valence-electron chi connectivity index (χ2n) is 6.38. The van der Waals surface area contributed by atoms with Crippen LogP contribution < -0.4 is 5.32 Å². The van der Waals surface area contributed by atoms with Crippen molar-refractivity contribution >= 4 is 17.7 Å². The molecule has 3 aromatic carbocycles. The van der Waals surface area contributed by atoms with Crippen molar-refractivity contribution in [1.82, 2.24) is 0 Å². The molecule has 0 aliphatic heterocycles. The van der Waals surface area contributed by atoms with Crippen LogP contribution in [-0.4, -0.2) is 17.2 Å². The van der Waals surface area contributed by atoms with Gasteiger partial charge in [0.15, 0.2) is 0 Å². The number of rotatable bonds is 4. The number of fused-ring (bicyclic) bond motifs is 3. The van der Waals surface area contributed by atoms with E-state index in [4.69, 9.17) is 9.84 Å². The van der Waals surface area contributed by atoms with E-state index in [-0.39, 0.29) is 17.9 Å². The van der Waals surface area contributed by atoms with Crippen molar-refractivity contribution in [1.29, 1.82) is 0 Å². The molecule has 0 aromatic heterocycles. The molecule has 27 heavy (non-hydrogen) atoms. The number of amides is 1. The zero-order chi connectivity index (χ0) is 18.8. The number of hydrogen-bond acceptors (Lipinski definition) is 3. The molecule has 5 heteroatoms. The van der Waals surface area contributed by atoms with E-state index in [0.29, 0.717) is 0 Å². The van der Waals surface area contributed by atoms with E-state index >= 15 is 0 Å². The van der Waals surface area contributed by atoms with Crippen LogP contribution in [0.4, 0.5) is 10.5 Å². The predicted octanol–water partition coefficient (Wildman–Crippen LogP) is 4.70. The number of carbonyl (C=O) groups is 2. The summed E-state index contributed by atoms with van der Waals surface area (Å²) in [5, 5.41) is 11.7. The van der Waals surface area contributed by atoms with Crippen LogP contribution in [-0.2, 0) is 17.8 Å². The maximum absolute atomic E-state index is 12.1. The summed E-state index contributed by atoms with van der Waals surface area (Å²) < 4.78 is 5.27. The molecule has 134 valence electrons. The molecule has 5 nitrogen and oxygen atoms in total. The third-order valence-electron chi connectivity index (χ3n) is 4.63. The van der Waals surface area contributed by atoms with Gasteiger partial charge in [-0.05, 0) is 52.4 Å². The number of benzene rings is 3.